The monoisotopic (exact) mass is 719 g/mol. The summed E-state index contributed by atoms with van der Waals surface area (Å²) in [5.74, 6) is -2.59. The van der Waals surface area contributed by atoms with E-state index in [4.69, 9.17) is 4.74 Å². The van der Waals surface area contributed by atoms with Crippen LogP contribution in [0.15, 0.2) is 86.0 Å². The van der Waals surface area contributed by atoms with Gasteiger partial charge in [-0.1, -0.05) is 97.4 Å². The molecular formula is C39H50BrN3O5. The molecule has 2 aromatic carbocycles. The number of nitrogens with zero attached hydrogens (tertiary/aromatic N) is 3. The molecule has 1 spiro atoms. The molecule has 7 atom stereocenters. The third kappa shape index (κ3) is 6.53. The second-order valence-electron chi connectivity index (χ2n) is 15.3. The summed E-state index contributed by atoms with van der Waals surface area (Å²) < 4.78 is 6.88. The molecule has 9 heteroatoms. The molecule has 0 saturated carbocycles. The summed E-state index contributed by atoms with van der Waals surface area (Å²) >= 11 is 3.81. The second-order valence-corrected chi connectivity index (χ2v) is 16.5. The summed E-state index contributed by atoms with van der Waals surface area (Å²) in [6, 6.07) is 17.2. The highest BCUT2D eigenvalue weighted by molar-refractivity contribution is 9.09. The predicted molar refractivity (Wildman–Crippen MR) is 193 cm³/mol. The van der Waals surface area contributed by atoms with E-state index >= 15 is 9.59 Å². The molecule has 48 heavy (non-hydrogen) atoms. The maximum absolute atomic E-state index is 15.3. The molecule has 3 aliphatic rings. The smallest absolute Gasteiger partial charge is 0.249 e. The molecule has 2 bridgehead atoms. The topological polar surface area (TPSA) is 90.4 Å². The fourth-order valence-electron chi connectivity index (χ4n) is 8.70. The van der Waals surface area contributed by atoms with Crippen LogP contribution in [-0.2, 0) is 25.5 Å². The van der Waals surface area contributed by atoms with E-state index in [2.05, 4.69) is 49.9 Å². The van der Waals surface area contributed by atoms with Crippen LogP contribution in [0.1, 0.15) is 53.0 Å². The van der Waals surface area contributed by atoms with Gasteiger partial charge >= 0.3 is 0 Å². The van der Waals surface area contributed by atoms with Crippen LogP contribution in [-0.4, -0.2) is 86.5 Å². The van der Waals surface area contributed by atoms with Crippen molar-refractivity contribution < 1.29 is 24.2 Å². The number of amides is 3. The van der Waals surface area contributed by atoms with Gasteiger partial charge in [0.05, 0.1) is 30.6 Å². The fourth-order valence-corrected chi connectivity index (χ4v) is 9.65. The zero-order valence-corrected chi connectivity index (χ0v) is 30.4. The van der Waals surface area contributed by atoms with E-state index in [0.29, 0.717) is 24.9 Å². The number of benzene rings is 2. The predicted octanol–water partition coefficient (Wildman–Crippen LogP) is 5.79. The first kappa shape index (κ1) is 36.0. The van der Waals surface area contributed by atoms with E-state index < -0.39 is 41.2 Å². The summed E-state index contributed by atoms with van der Waals surface area (Å²) in [5.41, 5.74) is -0.347. The normalized spacial score (nSPS) is 27.0. The highest BCUT2D eigenvalue weighted by atomic mass is 79.9. The van der Waals surface area contributed by atoms with Crippen LogP contribution in [0.5, 0.6) is 0 Å². The van der Waals surface area contributed by atoms with Gasteiger partial charge in [-0.2, -0.15) is 0 Å². The number of halogens is 1. The molecule has 3 saturated heterocycles. The molecule has 5 rings (SSSR count). The minimum atomic E-state index is -1.27. The summed E-state index contributed by atoms with van der Waals surface area (Å²) in [4.78, 5) is 49.7. The number of ether oxygens (including phenoxy) is 1. The summed E-state index contributed by atoms with van der Waals surface area (Å²) in [7, 11) is 0. The molecule has 0 radical (unpaired) electrons. The number of hydrogen-bond donors (Lipinski definition) is 1. The van der Waals surface area contributed by atoms with Gasteiger partial charge in [-0.3, -0.25) is 14.4 Å². The molecule has 258 valence electrons. The van der Waals surface area contributed by atoms with E-state index in [1.165, 1.54) is 0 Å². The molecule has 3 fully saturated rings. The number of anilines is 1. The molecule has 3 aliphatic heterocycles. The number of aliphatic hydroxyl groups is 1. The van der Waals surface area contributed by atoms with Crippen molar-refractivity contribution in [2.75, 3.05) is 24.6 Å². The molecule has 8 nitrogen and oxygen atoms in total. The van der Waals surface area contributed by atoms with Crippen LogP contribution < -0.4 is 4.90 Å². The highest BCUT2D eigenvalue weighted by Crippen LogP contribution is 2.61. The fraction of sp³-hybridized carbons (Fsp3) is 0.513. The Kier molecular flexibility index (Phi) is 10.4. The van der Waals surface area contributed by atoms with Crippen LogP contribution in [0.25, 0.3) is 0 Å². The number of aliphatic hydroxyl groups excluding tert-OH is 1. The molecule has 2 aromatic rings. The number of alkyl halides is 1. The van der Waals surface area contributed by atoms with Gasteiger partial charge in [0.25, 0.3) is 0 Å². The lowest BCUT2D eigenvalue weighted by Crippen LogP contribution is -2.63. The van der Waals surface area contributed by atoms with E-state index in [1.54, 1.807) is 22.0 Å². The van der Waals surface area contributed by atoms with Crippen molar-refractivity contribution in [3.05, 3.63) is 91.5 Å². The summed E-state index contributed by atoms with van der Waals surface area (Å²) in [6.45, 7) is 18.5. The first-order valence-electron chi connectivity index (χ1n) is 16.9. The highest BCUT2D eigenvalue weighted by Gasteiger charge is 2.77. The Morgan fingerprint density at radius 3 is 2.19 bits per heavy atom. The van der Waals surface area contributed by atoms with Crippen molar-refractivity contribution in [1.29, 1.82) is 0 Å². The molecule has 0 aromatic heterocycles. The van der Waals surface area contributed by atoms with E-state index in [-0.39, 0.29) is 47.7 Å². The molecule has 3 amide bonds. The third-order valence-corrected chi connectivity index (χ3v) is 10.9. The largest absolute Gasteiger partial charge is 0.394 e. The van der Waals surface area contributed by atoms with Crippen LogP contribution in [0, 0.1) is 17.3 Å². The summed E-state index contributed by atoms with van der Waals surface area (Å²) in [6.07, 6.45) is 4.19. The lowest BCUT2D eigenvalue weighted by Gasteiger charge is -2.46. The van der Waals surface area contributed by atoms with Crippen molar-refractivity contribution in [1.82, 2.24) is 9.80 Å². The Morgan fingerprint density at radius 2 is 1.62 bits per heavy atom. The second kappa shape index (κ2) is 13.9. The van der Waals surface area contributed by atoms with Crippen LogP contribution in [0.2, 0.25) is 0 Å². The molecule has 1 N–H and O–H groups in total. The minimum Gasteiger partial charge on any atom is -0.394 e. The SMILES string of the molecule is C=CCN(C(=O)[C@H]1[C@@H]2OC3(CC2Br)C(C(=O)N(CC=C)C(C)(C)CC(C)(C)C)N([C@@H](CO)Cc2ccccc2)C(=O)[C@H]13)c1ccccc1. The summed E-state index contributed by atoms with van der Waals surface area (Å²) in [5, 5.41) is 10.9. The van der Waals surface area contributed by atoms with Gasteiger partial charge in [0.15, 0.2) is 0 Å². The van der Waals surface area contributed by atoms with Gasteiger partial charge in [-0.15, -0.1) is 13.2 Å². The lowest BCUT2D eigenvalue weighted by atomic mass is 9.70. The van der Waals surface area contributed by atoms with Crippen LogP contribution >= 0.6 is 15.9 Å². The zero-order chi connectivity index (χ0) is 35.0. The van der Waals surface area contributed by atoms with Crippen molar-refractivity contribution in [3.8, 4) is 0 Å². The Hall–Kier alpha value is -3.27. The Labute approximate surface area is 293 Å². The molecule has 3 unspecified atom stereocenters. The van der Waals surface area contributed by atoms with Gasteiger partial charge < -0.3 is 24.5 Å². The molecular weight excluding hydrogens is 670 g/mol. The minimum absolute atomic E-state index is 0.0943. The Bertz CT molecular complexity index is 1510. The van der Waals surface area contributed by atoms with Gasteiger partial charge in [-0.25, -0.2) is 0 Å². The number of para-hydroxylation sites is 1. The van der Waals surface area contributed by atoms with E-state index in [0.717, 1.165) is 5.56 Å². The van der Waals surface area contributed by atoms with Crippen molar-refractivity contribution in [2.24, 2.45) is 17.3 Å². The lowest BCUT2D eigenvalue weighted by molar-refractivity contribution is -0.155. The van der Waals surface area contributed by atoms with Gasteiger partial charge in [0, 0.05) is 29.1 Å². The first-order valence-corrected chi connectivity index (χ1v) is 17.8. The average molecular weight is 721 g/mol. The number of carbonyl (C=O) groups excluding carboxylic acids is 3. The maximum atomic E-state index is 15.3. The van der Waals surface area contributed by atoms with Crippen LogP contribution in [0.4, 0.5) is 5.69 Å². The van der Waals surface area contributed by atoms with Gasteiger partial charge in [0.2, 0.25) is 17.7 Å². The maximum Gasteiger partial charge on any atom is 0.249 e. The molecule has 0 aliphatic carbocycles. The number of hydrogen-bond acceptors (Lipinski definition) is 5. The number of rotatable bonds is 13. The number of likely N-dealkylation sites (tertiary alicyclic amines) is 1. The van der Waals surface area contributed by atoms with Gasteiger partial charge in [-0.05, 0) is 56.2 Å². The standard InChI is InChI=1S/C39H50BrN3O5/c1-8-20-41(27-18-14-11-15-19-27)34(45)30-31-35(46)43(28(24-44)22-26-16-12-10-13-17-26)33(39(31)23-29(40)32(30)48-39)36(47)42(21-9-2)38(6,7)25-37(3,4)5/h8-19,28-33,44H,1-2,20-25H2,3-7H3/t28-,29?,30-,31+,32-,33?,39?/m1/s1. The first-order chi connectivity index (χ1) is 22.7. The molecule has 3 heterocycles. The average Bonchev–Trinajstić information content (AvgIpc) is 3.63. The quantitative estimate of drug-likeness (QED) is 0.209. The van der Waals surface area contributed by atoms with Crippen molar-refractivity contribution in [2.45, 2.75) is 88.0 Å². The number of fused-ring (bicyclic) bond motifs is 1. The Morgan fingerprint density at radius 1 is 1.02 bits per heavy atom. The zero-order valence-electron chi connectivity index (χ0n) is 28.8. The van der Waals surface area contributed by atoms with E-state index in [9.17, 15) is 9.90 Å². The Balaban J connectivity index is 1.64. The third-order valence-electron chi connectivity index (χ3n) is 10.1. The van der Waals surface area contributed by atoms with E-state index in [1.807, 2.05) is 79.4 Å². The van der Waals surface area contributed by atoms with Crippen LogP contribution in [0.3, 0.4) is 0 Å². The van der Waals surface area contributed by atoms with Crippen molar-refractivity contribution >= 4 is 39.3 Å². The van der Waals surface area contributed by atoms with Gasteiger partial charge in [0.1, 0.15) is 11.6 Å². The van der Waals surface area contributed by atoms with Crippen molar-refractivity contribution in [3.63, 3.8) is 0 Å². The number of carbonyl (C=O) groups is 3.